The van der Waals surface area contributed by atoms with Crippen molar-refractivity contribution in [3.63, 3.8) is 0 Å². The van der Waals surface area contributed by atoms with Crippen molar-refractivity contribution < 1.29 is 14.3 Å². The lowest BCUT2D eigenvalue weighted by Gasteiger charge is -2.25. The molecule has 1 atom stereocenters. The number of anilines is 1. The Kier molecular flexibility index (Phi) is 7.65. The first kappa shape index (κ1) is 24.0. The third kappa shape index (κ3) is 5.85. The van der Waals surface area contributed by atoms with Gasteiger partial charge in [-0.05, 0) is 55.5 Å². The maximum Gasteiger partial charge on any atom is 0.257 e. The summed E-state index contributed by atoms with van der Waals surface area (Å²) in [7, 11) is 0. The maximum atomic E-state index is 13.4. The molecule has 1 aliphatic heterocycles. The van der Waals surface area contributed by atoms with Crippen molar-refractivity contribution >= 4 is 29.1 Å². The van der Waals surface area contributed by atoms with Crippen molar-refractivity contribution in [2.75, 3.05) is 25.0 Å². The number of amides is 2. The predicted octanol–water partition coefficient (Wildman–Crippen LogP) is 4.46. The highest BCUT2D eigenvalue weighted by molar-refractivity contribution is 6.31. The van der Waals surface area contributed by atoms with Gasteiger partial charge in [0.25, 0.3) is 5.91 Å². The smallest absolute Gasteiger partial charge is 0.257 e. The van der Waals surface area contributed by atoms with Crippen molar-refractivity contribution in [2.45, 2.75) is 39.3 Å². The molecule has 0 spiro atoms. The van der Waals surface area contributed by atoms with Crippen LogP contribution in [0.2, 0.25) is 5.02 Å². The average Bonchev–Trinajstić information content (AvgIpc) is 3.50. The predicted molar refractivity (Wildman–Crippen MR) is 132 cm³/mol. The van der Waals surface area contributed by atoms with Gasteiger partial charge in [-0.3, -0.25) is 14.3 Å². The number of carbonyl (C=O) groups excluding carboxylic acids is 2. The van der Waals surface area contributed by atoms with Crippen LogP contribution in [-0.4, -0.2) is 52.3 Å². The minimum absolute atomic E-state index is 0.0677. The summed E-state index contributed by atoms with van der Waals surface area (Å²) in [5, 5.41) is 7.93. The van der Waals surface area contributed by atoms with Crippen LogP contribution in [0.1, 0.15) is 39.9 Å². The van der Waals surface area contributed by atoms with Crippen LogP contribution >= 0.6 is 11.6 Å². The SMILES string of the molecule is Cc1cccc(NC(=O)CN(CC2CCCO2)C(=O)c2cnn(Cc3ccccc3Cl)c2)c1C. The van der Waals surface area contributed by atoms with Crippen LogP contribution in [0.25, 0.3) is 0 Å². The summed E-state index contributed by atoms with van der Waals surface area (Å²) in [6.07, 6.45) is 4.97. The molecule has 0 saturated carbocycles. The normalized spacial score (nSPS) is 15.3. The van der Waals surface area contributed by atoms with E-state index in [1.54, 1.807) is 15.8 Å². The number of hydrogen-bond donors (Lipinski definition) is 1. The number of ether oxygens (including phenoxy) is 1. The van der Waals surface area contributed by atoms with Gasteiger partial charge in [0.05, 0.1) is 24.4 Å². The van der Waals surface area contributed by atoms with Crippen LogP contribution in [0, 0.1) is 13.8 Å². The zero-order valence-electron chi connectivity index (χ0n) is 19.5. The molecule has 1 fully saturated rings. The van der Waals surface area contributed by atoms with Crippen molar-refractivity contribution in [3.8, 4) is 0 Å². The summed E-state index contributed by atoms with van der Waals surface area (Å²) in [6.45, 7) is 5.38. The van der Waals surface area contributed by atoms with Gasteiger partial charge < -0.3 is 15.0 Å². The number of rotatable bonds is 8. The first-order chi connectivity index (χ1) is 16.4. The number of benzene rings is 2. The van der Waals surface area contributed by atoms with Gasteiger partial charge in [0.2, 0.25) is 5.91 Å². The summed E-state index contributed by atoms with van der Waals surface area (Å²) < 4.78 is 7.42. The van der Waals surface area contributed by atoms with Crippen LogP contribution in [0.15, 0.2) is 54.9 Å². The van der Waals surface area contributed by atoms with Crippen molar-refractivity contribution in [2.24, 2.45) is 0 Å². The fraction of sp³-hybridized carbons (Fsp3) is 0.346. The van der Waals surface area contributed by atoms with E-state index in [0.717, 1.165) is 35.2 Å². The van der Waals surface area contributed by atoms with E-state index in [-0.39, 0.29) is 24.5 Å². The van der Waals surface area contributed by atoms with E-state index < -0.39 is 0 Å². The van der Waals surface area contributed by atoms with Crippen LogP contribution < -0.4 is 5.32 Å². The lowest BCUT2D eigenvalue weighted by atomic mass is 10.1. The van der Waals surface area contributed by atoms with E-state index in [0.29, 0.717) is 30.3 Å². The van der Waals surface area contributed by atoms with Crippen LogP contribution in [0.4, 0.5) is 5.69 Å². The van der Waals surface area contributed by atoms with Gasteiger partial charge in [-0.15, -0.1) is 0 Å². The number of halogens is 1. The monoisotopic (exact) mass is 480 g/mol. The molecule has 2 heterocycles. The number of carbonyl (C=O) groups is 2. The molecule has 3 aromatic rings. The van der Waals surface area contributed by atoms with E-state index in [4.69, 9.17) is 16.3 Å². The summed E-state index contributed by atoms with van der Waals surface area (Å²) >= 11 is 6.26. The molecule has 34 heavy (non-hydrogen) atoms. The second kappa shape index (κ2) is 10.8. The van der Waals surface area contributed by atoms with Crippen LogP contribution in [0.3, 0.4) is 0 Å². The molecule has 1 N–H and O–H groups in total. The summed E-state index contributed by atoms with van der Waals surface area (Å²) in [6, 6.07) is 13.3. The lowest BCUT2D eigenvalue weighted by Crippen LogP contribution is -2.42. The Morgan fingerprint density at radius 1 is 1.21 bits per heavy atom. The number of aromatic nitrogens is 2. The Morgan fingerprint density at radius 2 is 2.03 bits per heavy atom. The lowest BCUT2D eigenvalue weighted by molar-refractivity contribution is -0.117. The van der Waals surface area contributed by atoms with E-state index in [1.807, 2.05) is 56.3 Å². The quantitative estimate of drug-likeness (QED) is 0.516. The van der Waals surface area contributed by atoms with Crippen molar-refractivity contribution in [3.05, 3.63) is 82.1 Å². The maximum absolute atomic E-state index is 13.4. The highest BCUT2D eigenvalue weighted by Crippen LogP contribution is 2.20. The van der Waals surface area contributed by atoms with Gasteiger partial charge in [-0.1, -0.05) is 41.9 Å². The average molecular weight is 481 g/mol. The molecular formula is C26H29ClN4O3. The molecule has 2 aromatic carbocycles. The van der Waals surface area contributed by atoms with Gasteiger partial charge in [-0.25, -0.2) is 0 Å². The number of nitrogens with one attached hydrogen (secondary N) is 1. The molecule has 0 radical (unpaired) electrons. The fourth-order valence-electron chi connectivity index (χ4n) is 4.05. The Labute approximate surface area is 204 Å². The highest BCUT2D eigenvalue weighted by atomic mass is 35.5. The number of nitrogens with zero attached hydrogens (tertiary/aromatic N) is 3. The summed E-state index contributed by atoms with van der Waals surface area (Å²) in [5.41, 5.74) is 4.19. The largest absolute Gasteiger partial charge is 0.376 e. The van der Waals surface area contributed by atoms with E-state index in [1.165, 1.54) is 6.20 Å². The second-order valence-corrected chi connectivity index (χ2v) is 9.04. The first-order valence-corrected chi connectivity index (χ1v) is 11.8. The zero-order valence-corrected chi connectivity index (χ0v) is 20.2. The second-order valence-electron chi connectivity index (χ2n) is 8.63. The number of aryl methyl sites for hydroxylation is 1. The van der Waals surface area contributed by atoms with Crippen molar-refractivity contribution in [1.29, 1.82) is 0 Å². The third-order valence-corrected chi connectivity index (χ3v) is 6.49. The van der Waals surface area contributed by atoms with E-state index in [2.05, 4.69) is 10.4 Å². The van der Waals surface area contributed by atoms with Crippen LogP contribution in [0.5, 0.6) is 0 Å². The first-order valence-electron chi connectivity index (χ1n) is 11.4. The van der Waals surface area contributed by atoms with Gasteiger partial charge in [0.1, 0.15) is 6.54 Å². The minimum atomic E-state index is -0.253. The Balaban J connectivity index is 1.48. The van der Waals surface area contributed by atoms with Crippen LogP contribution in [-0.2, 0) is 16.1 Å². The molecule has 1 unspecified atom stereocenters. The molecular weight excluding hydrogens is 452 g/mol. The molecule has 7 nitrogen and oxygen atoms in total. The van der Waals surface area contributed by atoms with Crippen molar-refractivity contribution in [1.82, 2.24) is 14.7 Å². The van der Waals surface area contributed by atoms with Gasteiger partial charge in [0, 0.05) is 30.1 Å². The third-order valence-electron chi connectivity index (χ3n) is 6.12. The van der Waals surface area contributed by atoms with E-state index in [9.17, 15) is 9.59 Å². The molecule has 4 rings (SSSR count). The standard InChI is InChI=1S/C26H29ClN4O3/c1-18-7-5-11-24(19(18)2)29-25(32)17-30(16-22-9-6-12-34-22)26(33)21-13-28-31(15-21)14-20-8-3-4-10-23(20)27/h3-5,7-8,10-11,13,15,22H,6,9,12,14,16-17H2,1-2H3,(H,29,32). The Bertz CT molecular complexity index is 1170. The summed E-state index contributed by atoms with van der Waals surface area (Å²) in [5.74, 6) is -0.500. The molecule has 1 saturated heterocycles. The summed E-state index contributed by atoms with van der Waals surface area (Å²) in [4.78, 5) is 27.8. The molecule has 0 bridgehead atoms. The van der Waals surface area contributed by atoms with Gasteiger partial charge >= 0.3 is 0 Å². The Hall–Kier alpha value is -3.16. The van der Waals surface area contributed by atoms with Gasteiger partial charge in [-0.2, -0.15) is 5.10 Å². The molecule has 178 valence electrons. The van der Waals surface area contributed by atoms with E-state index >= 15 is 0 Å². The fourth-order valence-corrected chi connectivity index (χ4v) is 4.24. The highest BCUT2D eigenvalue weighted by Gasteiger charge is 2.26. The molecule has 2 amide bonds. The molecule has 1 aliphatic rings. The minimum Gasteiger partial charge on any atom is -0.376 e. The molecule has 0 aliphatic carbocycles. The topological polar surface area (TPSA) is 76.5 Å². The molecule has 1 aromatic heterocycles. The number of hydrogen-bond acceptors (Lipinski definition) is 4. The van der Waals surface area contributed by atoms with Gasteiger partial charge in [0.15, 0.2) is 0 Å². The Morgan fingerprint density at radius 3 is 2.79 bits per heavy atom. The molecule has 8 heteroatoms. The zero-order chi connectivity index (χ0) is 24.1.